The molecule has 0 saturated carbocycles. The summed E-state index contributed by atoms with van der Waals surface area (Å²) >= 11 is 5.78. The topological polar surface area (TPSA) is 30.7 Å². The zero-order chi connectivity index (χ0) is 15.0. The van der Waals surface area contributed by atoms with Crippen molar-refractivity contribution < 1.29 is 8.78 Å². The molecule has 0 bridgehead atoms. The van der Waals surface area contributed by atoms with E-state index in [1.54, 1.807) is 6.20 Å². The molecular formula is C15H12ClF2N3. The highest BCUT2D eigenvalue weighted by atomic mass is 35.5. The third kappa shape index (κ3) is 2.27. The maximum absolute atomic E-state index is 14.1. The van der Waals surface area contributed by atoms with Crippen molar-refractivity contribution in [3.05, 3.63) is 53.5 Å². The summed E-state index contributed by atoms with van der Waals surface area (Å²) in [4.78, 5) is 8.67. The van der Waals surface area contributed by atoms with Crippen LogP contribution in [-0.2, 0) is 6.42 Å². The van der Waals surface area contributed by atoms with Crippen LogP contribution in [0, 0.1) is 18.6 Å². The number of imidazole rings is 1. The molecule has 3 nitrogen and oxygen atoms in total. The molecule has 0 saturated heterocycles. The lowest BCUT2D eigenvalue weighted by molar-refractivity contribution is 0.567. The Labute approximate surface area is 125 Å². The van der Waals surface area contributed by atoms with Crippen molar-refractivity contribution in [2.24, 2.45) is 0 Å². The second-order valence-electron chi connectivity index (χ2n) is 4.67. The average molecular weight is 308 g/mol. The minimum absolute atomic E-state index is 0.168. The van der Waals surface area contributed by atoms with E-state index in [4.69, 9.17) is 11.6 Å². The van der Waals surface area contributed by atoms with Gasteiger partial charge in [0.25, 0.3) is 0 Å². The normalized spacial score (nSPS) is 11.2. The number of pyridine rings is 1. The standard InChI is InChI=1S/C15H12ClF2N3/c1-9-6-8-19-15-13(9)20-12(5-7-16)21(15)14-10(17)3-2-4-11(14)18/h2-4,6,8H,5,7H2,1H3. The van der Waals surface area contributed by atoms with Gasteiger partial charge in [0.1, 0.15) is 28.7 Å². The molecule has 21 heavy (non-hydrogen) atoms. The Morgan fingerprint density at radius 1 is 1.19 bits per heavy atom. The van der Waals surface area contributed by atoms with E-state index in [0.717, 1.165) is 5.56 Å². The first kappa shape index (κ1) is 13.9. The zero-order valence-corrected chi connectivity index (χ0v) is 12.0. The highest BCUT2D eigenvalue weighted by molar-refractivity contribution is 6.17. The fourth-order valence-electron chi connectivity index (χ4n) is 2.33. The van der Waals surface area contributed by atoms with Gasteiger partial charge in [0.05, 0.1) is 0 Å². The summed E-state index contributed by atoms with van der Waals surface area (Å²) in [6.45, 7) is 1.88. The van der Waals surface area contributed by atoms with Crippen LogP contribution in [0.2, 0.25) is 0 Å². The number of hydrogen-bond acceptors (Lipinski definition) is 2. The lowest BCUT2D eigenvalue weighted by Crippen LogP contribution is -2.07. The molecule has 6 heteroatoms. The smallest absolute Gasteiger partial charge is 0.165 e. The molecule has 0 amide bonds. The van der Waals surface area contributed by atoms with Gasteiger partial charge < -0.3 is 0 Å². The van der Waals surface area contributed by atoms with Gasteiger partial charge in [-0.1, -0.05) is 6.07 Å². The van der Waals surface area contributed by atoms with Gasteiger partial charge >= 0.3 is 0 Å². The van der Waals surface area contributed by atoms with Crippen LogP contribution in [0.3, 0.4) is 0 Å². The quantitative estimate of drug-likeness (QED) is 0.689. The Morgan fingerprint density at radius 3 is 2.57 bits per heavy atom. The minimum Gasteiger partial charge on any atom is -0.275 e. The third-order valence-corrected chi connectivity index (χ3v) is 3.49. The first-order chi connectivity index (χ1) is 10.1. The van der Waals surface area contributed by atoms with Crippen LogP contribution in [0.25, 0.3) is 16.9 Å². The molecule has 0 unspecified atom stereocenters. The summed E-state index contributed by atoms with van der Waals surface area (Å²) in [6.07, 6.45) is 1.99. The van der Waals surface area contributed by atoms with E-state index in [9.17, 15) is 8.78 Å². The number of alkyl halides is 1. The number of para-hydroxylation sites is 1. The van der Waals surface area contributed by atoms with E-state index >= 15 is 0 Å². The van der Waals surface area contributed by atoms with E-state index in [-0.39, 0.29) is 5.69 Å². The summed E-state index contributed by atoms with van der Waals surface area (Å²) in [5.41, 5.74) is 1.78. The van der Waals surface area contributed by atoms with Crippen molar-refractivity contribution in [3.8, 4) is 5.69 Å². The van der Waals surface area contributed by atoms with Gasteiger partial charge in [-0.2, -0.15) is 0 Å². The van der Waals surface area contributed by atoms with Gasteiger partial charge in [-0.05, 0) is 30.7 Å². The van der Waals surface area contributed by atoms with Gasteiger partial charge in [0, 0.05) is 18.5 Å². The van der Waals surface area contributed by atoms with Crippen LogP contribution in [0.15, 0.2) is 30.5 Å². The van der Waals surface area contributed by atoms with Gasteiger partial charge in [-0.25, -0.2) is 18.7 Å². The van der Waals surface area contributed by atoms with E-state index < -0.39 is 11.6 Å². The molecule has 0 N–H and O–H groups in total. The molecule has 0 atom stereocenters. The molecule has 0 aliphatic rings. The third-order valence-electron chi connectivity index (χ3n) is 3.30. The predicted octanol–water partition coefficient (Wildman–Crippen LogP) is 3.79. The van der Waals surface area contributed by atoms with Crippen molar-refractivity contribution in [1.29, 1.82) is 0 Å². The number of benzene rings is 1. The molecule has 0 spiro atoms. The van der Waals surface area contributed by atoms with E-state index in [2.05, 4.69) is 9.97 Å². The Bertz CT molecular complexity index is 794. The van der Waals surface area contributed by atoms with Gasteiger partial charge in [0.15, 0.2) is 5.65 Å². The lowest BCUT2D eigenvalue weighted by atomic mass is 10.2. The second kappa shape index (κ2) is 5.41. The number of hydrogen-bond donors (Lipinski definition) is 0. The molecule has 0 aliphatic heterocycles. The van der Waals surface area contributed by atoms with Crippen LogP contribution in [0.4, 0.5) is 8.78 Å². The molecule has 0 radical (unpaired) electrons. The molecular weight excluding hydrogens is 296 g/mol. The SMILES string of the molecule is Cc1ccnc2c1nc(CCCl)n2-c1c(F)cccc1F. The zero-order valence-electron chi connectivity index (χ0n) is 11.3. The Balaban J connectivity index is 2.40. The van der Waals surface area contributed by atoms with E-state index in [1.807, 2.05) is 13.0 Å². The molecule has 2 heterocycles. The number of aryl methyl sites for hydroxylation is 2. The van der Waals surface area contributed by atoms with Gasteiger partial charge in [-0.15, -0.1) is 11.6 Å². The van der Waals surface area contributed by atoms with Crippen LogP contribution in [-0.4, -0.2) is 20.4 Å². The number of aromatic nitrogens is 3. The summed E-state index contributed by atoms with van der Waals surface area (Å²) in [5, 5.41) is 0. The van der Waals surface area contributed by atoms with Crippen molar-refractivity contribution >= 4 is 22.8 Å². The average Bonchev–Trinajstić information content (AvgIpc) is 2.80. The van der Waals surface area contributed by atoms with E-state index in [1.165, 1.54) is 22.8 Å². The minimum atomic E-state index is -0.659. The molecule has 1 aromatic carbocycles. The molecule has 3 aromatic rings. The number of fused-ring (bicyclic) bond motifs is 1. The second-order valence-corrected chi connectivity index (χ2v) is 5.05. The molecule has 0 aliphatic carbocycles. The number of rotatable bonds is 3. The maximum Gasteiger partial charge on any atom is 0.165 e. The fourth-order valence-corrected chi connectivity index (χ4v) is 2.50. The van der Waals surface area contributed by atoms with Crippen LogP contribution in [0.5, 0.6) is 0 Å². The van der Waals surface area contributed by atoms with Crippen molar-refractivity contribution in [2.75, 3.05) is 5.88 Å². The summed E-state index contributed by atoms with van der Waals surface area (Å²) in [5.74, 6) is -0.522. The monoisotopic (exact) mass is 307 g/mol. The molecule has 0 fully saturated rings. The van der Waals surface area contributed by atoms with Crippen molar-refractivity contribution in [3.63, 3.8) is 0 Å². The van der Waals surface area contributed by atoms with Gasteiger partial charge in [-0.3, -0.25) is 4.57 Å². The number of halogens is 3. The van der Waals surface area contributed by atoms with Crippen LogP contribution in [0.1, 0.15) is 11.4 Å². The number of nitrogens with zero attached hydrogens (tertiary/aromatic N) is 3. The Kier molecular flexibility index (Phi) is 3.59. The Hall–Kier alpha value is -2.01. The summed E-state index contributed by atoms with van der Waals surface area (Å²) in [6, 6.07) is 5.56. The van der Waals surface area contributed by atoms with Crippen molar-refractivity contribution in [2.45, 2.75) is 13.3 Å². The predicted molar refractivity (Wildman–Crippen MR) is 77.9 cm³/mol. The molecule has 2 aromatic heterocycles. The maximum atomic E-state index is 14.1. The fraction of sp³-hybridized carbons (Fsp3) is 0.200. The van der Waals surface area contributed by atoms with Crippen LogP contribution >= 0.6 is 11.6 Å². The lowest BCUT2D eigenvalue weighted by Gasteiger charge is -2.10. The summed E-state index contributed by atoms with van der Waals surface area (Å²) < 4.78 is 29.6. The van der Waals surface area contributed by atoms with Crippen molar-refractivity contribution in [1.82, 2.24) is 14.5 Å². The first-order valence-corrected chi connectivity index (χ1v) is 7.00. The Morgan fingerprint density at radius 2 is 1.90 bits per heavy atom. The van der Waals surface area contributed by atoms with E-state index in [0.29, 0.717) is 29.3 Å². The van der Waals surface area contributed by atoms with Crippen LogP contribution < -0.4 is 0 Å². The highest BCUT2D eigenvalue weighted by Crippen LogP contribution is 2.26. The molecule has 3 rings (SSSR count). The molecule has 108 valence electrons. The highest BCUT2D eigenvalue weighted by Gasteiger charge is 2.20. The van der Waals surface area contributed by atoms with Gasteiger partial charge in [0.2, 0.25) is 0 Å². The summed E-state index contributed by atoms with van der Waals surface area (Å²) in [7, 11) is 0. The first-order valence-electron chi connectivity index (χ1n) is 6.46. The largest absolute Gasteiger partial charge is 0.275 e.